The van der Waals surface area contributed by atoms with Crippen molar-refractivity contribution in [2.45, 2.75) is 13.5 Å². The Kier molecular flexibility index (Phi) is 4.10. The Bertz CT molecular complexity index is 755. The largest absolute Gasteiger partial charge is 0.335 e. The minimum Gasteiger partial charge on any atom is -0.282 e. The van der Waals surface area contributed by atoms with E-state index in [1.165, 1.54) is 0 Å². The number of benzene rings is 1. The lowest BCUT2D eigenvalue weighted by Gasteiger charge is -2.21. The van der Waals surface area contributed by atoms with Gasteiger partial charge in [-0.2, -0.15) is 0 Å². The van der Waals surface area contributed by atoms with Crippen LogP contribution in [-0.2, 0) is 16.1 Å². The van der Waals surface area contributed by atoms with E-state index in [0.717, 1.165) is 25.0 Å². The first-order valence-electron chi connectivity index (χ1n) is 7.21. The third-order valence-corrected chi connectivity index (χ3v) is 4.60. The van der Waals surface area contributed by atoms with Crippen LogP contribution in [0.5, 0.6) is 0 Å². The van der Waals surface area contributed by atoms with Gasteiger partial charge in [0.1, 0.15) is 5.01 Å². The van der Waals surface area contributed by atoms with Gasteiger partial charge in [-0.1, -0.05) is 12.1 Å². The maximum atomic E-state index is 12.1. The number of thiazole rings is 1. The van der Waals surface area contributed by atoms with Gasteiger partial charge in [0.25, 0.3) is 0 Å². The number of para-hydroxylation sites is 1. The fourth-order valence-corrected chi connectivity index (χ4v) is 3.51. The van der Waals surface area contributed by atoms with Crippen molar-refractivity contribution in [3.63, 3.8) is 0 Å². The van der Waals surface area contributed by atoms with E-state index in [2.05, 4.69) is 4.98 Å². The lowest BCUT2D eigenvalue weighted by Crippen LogP contribution is -2.40. The molecule has 1 aromatic carbocycles. The lowest BCUT2D eigenvalue weighted by molar-refractivity contribution is -0.143. The molecule has 4 amide bonds. The number of hydrogen-bond donors (Lipinski definition) is 0. The van der Waals surface area contributed by atoms with Crippen molar-refractivity contribution in [1.29, 1.82) is 0 Å². The van der Waals surface area contributed by atoms with Crippen LogP contribution in [-0.4, -0.2) is 57.8 Å². The molecule has 0 bridgehead atoms. The van der Waals surface area contributed by atoms with E-state index in [1.54, 1.807) is 30.2 Å². The Balaban J connectivity index is 1.69. The number of urea groups is 1. The second kappa shape index (κ2) is 6.05. The molecule has 1 aromatic heterocycles. The Morgan fingerprint density at radius 1 is 1.13 bits per heavy atom. The standard InChI is InChI=1S/C15H16N4O3S/c1-3-18-13(20)14(21)19(15(18)22)9-17(2)8-12-16-10-6-4-5-7-11(10)23-12/h4-7H,3,8-9H2,1-2H3. The van der Waals surface area contributed by atoms with Crippen molar-refractivity contribution >= 4 is 39.4 Å². The summed E-state index contributed by atoms with van der Waals surface area (Å²) in [5.41, 5.74) is 0.932. The molecule has 2 aromatic rings. The molecule has 1 fully saturated rings. The first-order chi connectivity index (χ1) is 11.0. The zero-order chi connectivity index (χ0) is 16.6. The van der Waals surface area contributed by atoms with Crippen LogP contribution in [0.2, 0.25) is 0 Å². The molecule has 1 aliphatic rings. The third-order valence-electron chi connectivity index (χ3n) is 3.58. The fraction of sp³-hybridized carbons (Fsp3) is 0.333. The molecule has 2 heterocycles. The minimum atomic E-state index is -0.770. The number of amides is 4. The second-order valence-corrected chi connectivity index (χ2v) is 6.41. The number of likely N-dealkylation sites (N-methyl/N-ethyl adjacent to an activating group) is 1. The van der Waals surface area contributed by atoms with Crippen LogP contribution in [0.25, 0.3) is 10.2 Å². The zero-order valence-electron chi connectivity index (χ0n) is 12.9. The molecule has 8 heteroatoms. The molecule has 120 valence electrons. The van der Waals surface area contributed by atoms with Crippen LogP contribution in [0.3, 0.4) is 0 Å². The van der Waals surface area contributed by atoms with Gasteiger partial charge in [-0.3, -0.25) is 19.4 Å². The first kappa shape index (κ1) is 15.6. The van der Waals surface area contributed by atoms with Gasteiger partial charge < -0.3 is 0 Å². The number of fused-ring (bicyclic) bond motifs is 1. The van der Waals surface area contributed by atoms with E-state index in [-0.39, 0.29) is 13.2 Å². The summed E-state index contributed by atoms with van der Waals surface area (Å²) in [5, 5.41) is 0.895. The average molecular weight is 332 g/mol. The molecular weight excluding hydrogens is 316 g/mol. The van der Waals surface area contributed by atoms with Gasteiger partial charge in [-0.05, 0) is 26.1 Å². The van der Waals surface area contributed by atoms with Crippen molar-refractivity contribution in [3.8, 4) is 0 Å². The van der Waals surface area contributed by atoms with Crippen molar-refractivity contribution in [1.82, 2.24) is 19.7 Å². The Hall–Kier alpha value is -2.32. The SMILES string of the molecule is CCN1C(=O)C(=O)N(CN(C)Cc2nc3ccccc3s2)C1=O. The summed E-state index contributed by atoms with van der Waals surface area (Å²) >= 11 is 1.57. The summed E-state index contributed by atoms with van der Waals surface area (Å²) in [4.78, 5) is 43.9. The maximum absolute atomic E-state index is 12.1. The van der Waals surface area contributed by atoms with Crippen molar-refractivity contribution in [2.24, 2.45) is 0 Å². The van der Waals surface area contributed by atoms with Gasteiger partial charge >= 0.3 is 17.8 Å². The molecule has 0 atom stereocenters. The van der Waals surface area contributed by atoms with Gasteiger partial charge in [0.05, 0.1) is 23.4 Å². The lowest BCUT2D eigenvalue weighted by atomic mass is 10.3. The molecule has 0 N–H and O–H groups in total. The number of imide groups is 2. The van der Waals surface area contributed by atoms with Crippen LogP contribution >= 0.6 is 11.3 Å². The Morgan fingerprint density at radius 2 is 1.83 bits per heavy atom. The molecule has 3 rings (SSSR count). The minimum absolute atomic E-state index is 0.0653. The predicted molar refractivity (Wildman–Crippen MR) is 85.6 cm³/mol. The van der Waals surface area contributed by atoms with Gasteiger partial charge in [0.15, 0.2) is 0 Å². The molecule has 0 radical (unpaired) electrons. The molecule has 1 saturated heterocycles. The van der Waals surface area contributed by atoms with Gasteiger partial charge in [0.2, 0.25) is 0 Å². The van der Waals surface area contributed by atoms with Gasteiger partial charge in [0, 0.05) is 6.54 Å². The fourth-order valence-electron chi connectivity index (χ4n) is 2.46. The summed E-state index contributed by atoms with van der Waals surface area (Å²) in [6, 6.07) is 7.28. The van der Waals surface area contributed by atoms with Crippen molar-refractivity contribution < 1.29 is 14.4 Å². The molecule has 23 heavy (non-hydrogen) atoms. The number of rotatable bonds is 5. The van der Waals surface area contributed by atoms with E-state index < -0.39 is 17.8 Å². The first-order valence-corrected chi connectivity index (χ1v) is 8.03. The number of hydrogen-bond acceptors (Lipinski definition) is 6. The van der Waals surface area contributed by atoms with E-state index in [1.807, 2.05) is 24.3 Å². The molecule has 0 spiro atoms. The number of carbonyl (C=O) groups is 3. The monoisotopic (exact) mass is 332 g/mol. The normalized spacial score (nSPS) is 15.5. The van der Waals surface area contributed by atoms with Crippen LogP contribution in [0, 0.1) is 0 Å². The molecule has 1 aliphatic heterocycles. The zero-order valence-corrected chi connectivity index (χ0v) is 13.7. The van der Waals surface area contributed by atoms with E-state index in [4.69, 9.17) is 0 Å². The summed E-state index contributed by atoms with van der Waals surface area (Å²) in [7, 11) is 1.78. The average Bonchev–Trinajstić information content (AvgIpc) is 3.01. The molecule has 0 saturated carbocycles. The van der Waals surface area contributed by atoms with Crippen molar-refractivity contribution in [3.05, 3.63) is 29.3 Å². The highest BCUT2D eigenvalue weighted by Crippen LogP contribution is 2.22. The highest BCUT2D eigenvalue weighted by Gasteiger charge is 2.43. The quantitative estimate of drug-likeness (QED) is 0.613. The maximum Gasteiger partial charge on any atom is 0.335 e. The second-order valence-electron chi connectivity index (χ2n) is 5.30. The van der Waals surface area contributed by atoms with E-state index in [9.17, 15) is 14.4 Å². The third kappa shape index (κ3) is 2.82. The number of carbonyl (C=O) groups excluding carboxylic acids is 3. The van der Waals surface area contributed by atoms with Gasteiger partial charge in [-0.15, -0.1) is 11.3 Å². The molecule has 7 nitrogen and oxygen atoms in total. The van der Waals surface area contributed by atoms with Crippen molar-refractivity contribution in [2.75, 3.05) is 20.3 Å². The number of nitrogens with zero attached hydrogens (tertiary/aromatic N) is 4. The van der Waals surface area contributed by atoms with Crippen LogP contribution in [0.1, 0.15) is 11.9 Å². The number of aromatic nitrogens is 1. The van der Waals surface area contributed by atoms with E-state index >= 15 is 0 Å². The summed E-state index contributed by atoms with van der Waals surface area (Å²) in [5.74, 6) is -1.53. The van der Waals surface area contributed by atoms with Gasteiger partial charge in [-0.25, -0.2) is 14.7 Å². The van der Waals surface area contributed by atoms with Crippen LogP contribution in [0.15, 0.2) is 24.3 Å². The smallest absolute Gasteiger partial charge is 0.282 e. The molecule has 0 aliphatic carbocycles. The molecular formula is C15H16N4O3S. The highest BCUT2D eigenvalue weighted by atomic mass is 32.1. The highest BCUT2D eigenvalue weighted by molar-refractivity contribution is 7.18. The summed E-state index contributed by atoms with van der Waals surface area (Å²) in [6.45, 7) is 2.42. The predicted octanol–water partition coefficient (Wildman–Crippen LogP) is 1.50. The molecule has 0 unspecified atom stereocenters. The summed E-state index contributed by atoms with van der Waals surface area (Å²) in [6.07, 6.45) is 0. The van der Waals surface area contributed by atoms with Crippen LogP contribution in [0.4, 0.5) is 4.79 Å². The van der Waals surface area contributed by atoms with Crippen LogP contribution < -0.4 is 0 Å². The Labute approximate surface area is 137 Å². The topological polar surface area (TPSA) is 73.8 Å². The Morgan fingerprint density at radius 3 is 2.48 bits per heavy atom. The van der Waals surface area contributed by atoms with E-state index in [0.29, 0.717) is 6.54 Å². The summed E-state index contributed by atoms with van der Waals surface area (Å²) < 4.78 is 1.09.